The van der Waals surface area contributed by atoms with E-state index in [0.717, 1.165) is 12.1 Å². The van der Waals surface area contributed by atoms with Gasteiger partial charge in [-0.2, -0.15) is 13.2 Å². The van der Waals surface area contributed by atoms with Gasteiger partial charge in [0.25, 0.3) is 0 Å². The van der Waals surface area contributed by atoms with Crippen LogP contribution in [0.15, 0.2) is 18.2 Å². The first-order valence-corrected chi connectivity index (χ1v) is 4.42. The molecule has 2 N–H and O–H groups in total. The molecule has 2 nitrogen and oxygen atoms in total. The number of benzene rings is 1. The lowest BCUT2D eigenvalue weighted by Crippen LogP contribution is -2.10. The second kappa shape index (κ2) is 3.54. The monoisotopic (exact) mass is 248 g/mol. The lowest BCUT2D eigenvalue weighted by Gasteiger charge is -2.09. The number of hydrogen-bond acceptors (Lipinski definition) is 2. The van der Waals surface area contributed by atoms with Gasteiger partial charge in [0.2, 0.25) is 0 Å². The zero-order valence-electron chi connectivity index (χ0n) is 8.15. The molecule has 7 heteroatoms. The largest absolute Gasteiger partial charge is 0.433 e. The van der Waals surface area contributed by atoms with Gasteiger partial charge in [-0.25, -0.2) is 13.8 Å². The number of aromatic nitrogens is 1. The van der Waals surface area contributed by atoms with Gasteiger partial charge < -0.3 is 5.73 Å². The standard InChI is InChI=1S/C10H5F5N2/c11-5-2-1-4-6(16)3-7(10(13,14)15)17-9(4)8(5)12/h1-3H,(H2,16,17). The average Bonchev–Trinajstić information content (AvgIpc) is 2.22. The van der Waals surface area contributed by atoms with Gasteiger partial charge in [0.05, 0.1) is 0 Å². The molecule has 17 heavy (non-hydrogen) atoms. The first kappa shape index (κ1) is 11.6. The molecule has 0 unspecified atom stereocenters. The molecule has 1 heterocycles. The number of alkyl halides is 3. The van der Waals surface area contributed by atoms with Gasteiger partial charge in [-0.05, 0) is 18.2 Å². The van der Waals surface area contributed by atoms with Crippen LogP contribution < -0.4 is 5.73 Å². The molecule has 90 valence electrons. The van der Waals surface area contributed by atoms with Crippen LogP contribution in [0.2, 0.25) is 0 Å². The van der Waals surface area contributed by atoms with Crippen LogP contribution in [0.1, 0.15) is 5.69 Å². The molecule has 0 amide bonds. The first-order valence-electron chi connectivity index (χ1n) is 4.42. The van der Waals surface area contributed by atoms with E-state index in [0.29, 0.717) is 6.07 Å². The molecule has 0 fully saturated rings. The van der Waals surface area contributed by atoms with Crippen molar-refractivity contribution < 1.29 is 22.0 Å². The van der Waals surface area contributed by atoms with Crippen molar-refractivity contribution in [2.45, 2.75) is 6.18 Å². The maximum atomic E-state index is 13.3. The van der Waals surface area contributed by atoms with E-state index in [2.05, 4.69) is 4.98 Å². The maximum absolute atomic E-state index is 13.3. The van der Waals surface area contributed by atoms with Gasteiger partial charge in [0.1, 0.15) is 11.2 Å². The van der Waals surface area contributed by atoms with E-state index in [1.54, 1.807) is 0 Å². The van der Waals surface area contributed by atoms with E-state index in [-0.39, 0.29) is 11.1 Å². The van der Waals surface area contributed by atoms with Crippen molar-refractivity contribution in [1.29, 1.82) is 0 Å². The third-order valence-corrected chi connectivity index (χ3v) is 2.19. The summed E-state index contributed by atoms with van der Waals surface area (Å²) in [4.78, 5) is 3.05. The number of nitrogens with two attached hydrogens (primary N) is 1. The number of halogens is 5. The van der Waals surface area contributed by atoms with Crippen LogP contribution >= 0.6 is 0 Å². The summed E-state index contributed by atoms with van der Waals surface area (Å²) in [5.74, 6) is -2.72. The van der Waals surface area contributed by atoms with Crippen LogP contribution in [0.4, 0.5) is 27.6 Å². The predicted molar refractivity (Wildman–Crippen MR) is 51.1 cm³/mol. The van der Waals surface area contributed by atoms with Gasteiger partial charge in [-0.15, -0.1) is 0 Å². The molecule has 0 radical (unpaired) electrons. The molecular formula is C10H5F5N2. The average molecular weight is 248 g/mol. The number of nitrogens with zero attached hydrogens (tertiary/aromatic N) is 1. The molecule has 1 aromatic carbocycles. The smallest absolute Gasteiger partial charge is 0.398 e. The highest BCUT2D eigenvalue weighted by Crippen LogP contribution is 2.32. The van der Waals surface area contributed by atoms with E-state index in [4.69, 9.17) is 5.73 Å². The minimum atomic E-state index is -4.76. The van der Waals surface area contributed by atoms with Gasteiger partial charge in [-0.1, -0.05) is 0 Å². The summed E-state index contributed by atoms with van der Waals surface area (Å²) in [5.41, 5.74) is 2.96. The lowest BCUT2D eigenvalue weighted by molar-refractivity contribution is -0.140. The Morgan fingerprint density at radius 3 is 2.35 bits per heavy atom. The number of nitrogen functional groups attached to an aromatic ring is 1. The van der Waals surface area contributed by atoms with E-state index in [1.165, 1.54) is 0 Å². The van der Waals surface area contributed by atoms with E-state index >= 15 is 0 Å². The van der Waals surface area contributed by atoms with Crippen molar-refractivity contribution in [1.82, 2.24) is 4.98 Å². The summed E-state index contributed by atoms with van der Waals surface area (Å²) in [5, 5.41) is -0.0584. The zero-order valence-corrected chi connectivity index (χ0v) is 8.15. The fourth-order valence-electron chi connectivity index (χ4n) is 1.41. The lowest BCUT2D eigenvalue weighted by atomic mass is 10.1. The highest BCUT2D eigenvalue weighted by Gasteiger charge is 2.33. The van der Waals surface area contributed by atoms with Crippen LogP contribution in [0.5, 0.6) is 0 Å². The van der Waals surface area contributed by atoms with Gasteiger partial charge >= 0.3 is 6.18 Å². The Kier molecular flexibility index (Phi) is 2.41. The van der Waals surface area contributed by atoms with Crippen LogP contribution in [0.25, 0.3) is 10.9 Å². The summed E-state index contributed by atoms with van der Waals surface area (Å²) >= 11 is 0. The van der Waals surface area contributed by atoms with E-state index < -0.39 is 29.0 Å². The Hall–Kier alpha value is -1.92. The fraction of sp³-hybridized carbons (Fsp3) is 0.100. The Morgan fingerprint density at radius 2 is 1.76 bits per heavy atom. The molecule has 0 atom stereocenters. The SMILES string of the molecule is Nc1cc(C(F)(F)F)nc2c(F)c(F)ccc12. The second-order valence-corrected chi connectivity index (χ2v) is 3.35. The second-order valence-electron chi connectivity index (χ2n) is 3.35. The Balaban J connectivity index is 2.84. The summed E-state index contributed by atoms with van der Waals surface area (Å²) < 4.78 is 63.3. The van der Waals surface area contributed by atoms with Crippen molar-refractivity contribution in [3.05, 3.63) is 35.5 Å². The summed E-state index contributed by atoms with van der Waals surface area (Å²) in [6.07, 6.45) is -4.76. The van der Waals surface area contributed by atoms with Crippen molar-refractivity contribution in [2.75, 3.05) is 5.73 Å². The van der Waals surface area contributed by atoms with Crippen LogP contribution in [-0.2, 0) is 6.18 Å². The number of anilines is 1. The molecule has 1 aromatic heterocycles. The molecule has 0 aliphatic rings. The topological polar surface area (TPSA) is 38.9 Å². The number of pyridine rings is 1. The third kappa shape index (κ3) is 1.88. The molecule has 0 saturated carbocycles. The summed E-state index contributed by atoms with van der Waals surface area (Å²) in [6.45, 7) is 0. The molecule has 2 rings (SSSR count). The van der Waals surface area contributed by atoms with Gasteiger partial charge in [0, 0.05) is 11.1 Å². The van der Waals surface area contributed by atoms with Crippen molar-refractivity contribution in [3.63, 3.8) is 0 Å². The molecule has 2 aromatic rings. The number of hydrogen-bond donors (Lipinski definition) is 1. The van der Waals surface area contributed by atoms with E-state index in [9.17, 15) is 22.0 Å². The Labute approximate surface area is 91.9 Å². The molecule has 0 saturated heterocycles. The van der Waals surface area contributed by atoms with E-state index in [1.807, 2.05) is 0 Å². The molecule has 0 aliphatic carbocycles. The highest BCUT2D eigenvalue weighted by molar-refractivity contribution is 5.90. The zero-order chi connectivity index (χ0) is 12.8. The minimum absolute atomic E-state index is 0.0584. The molecule has 0 bridgehead atoms. The third-order valence-electron chi connectivity index (χ3n) is 2.19. The Morgan fingerprint density at radius 1 is 1.12 bits per heavy atom. The summed E-state index contributed by atoms with van der Waals surface area (Å²) in [6, 6.07) is 2.44. The van der Waals surface area contributed by atoms with Gasteiger partial charge in [0.15, 0.2) is 11.6 Å². The van der Waals surface area contributed by atoms with Crippen molar-refractivity contribution >= 4 is 16.6 Å². The quantitative estimate of drug-likeness (QED) is 0.727. The first-order chi connectivity index (χ1) is 7.80. The number of rotatable bonds is 0. The predicted octanol–water partition coefficient (Wildman–Crippen LogP) is 3.11. The minimum Gasteiger partial charge on any atom is -0.398 e. The fourth-order valence-corrected chi connectivity index (χ4v) is 1.41. The Bertz CT molecular complexity index is 591. The van der Waals surface area contributed by atoms with Gasteiger partial charge in [-0.3, -0.25) is 0 Å². The van der Waals surface area contributed by atoms with Crippen LogP contribution in [0.3, 0.4) is 0 Å². The number of fused-ring (bicyclic) bond motifs is 1. The van der Waals surface area contributed by atoms with Crippen LogP contribution in [-0.4, -0.2) is 4.98 Å². The maximum Gasteiger partial charge on any atom is 0.433 e. The van der Waals surface area contributed by atoms with Crippen LogP contribution in [0, 0.1) is 11.6 Å². The molecular weight excluding hydrogens is 243 g/mol. The highest BCUT2D eigenvalue weighted by atomic mass is 19.4. The summed E-state index contributed by atoms with van der Waals surface area (Å²) in [7, 11) is 0. The van der Waals surface area contributed by atoms with Crippen molar-refractivity contribution in [2.24, 2.45) is 0 Å². The normalized spacial score (nSPS) is 12.1. The molecule has 0 aliphatic heterocycles. The molecule has 0 spiro atoms. The van der Waals surface area contributed by atoms with Crippen molar-refractivity contribution in [3.8, 4) is 0 Å².